The topological polar surface area (TPSA) is 41.6 Å². The zero-order chi connectivity index (χ0) is 13.9. The number of anilines is 1. The van der Waals surface area contributed by atoms with Crippen LogP contribution in [0.3, 0.4) is 0 Å². The molecule has 0 bridgehead atoms. The summed E-state index contributed by atoms with van der Waals surface area (Å²) in [6.07, 6.45) is 3.90. The fraction of sp³-hybridized carbons (Fsp3) is 0.562. The van der Waals surface area contributed by atoms with E-state index < -0.39 is 0 Å². The zero-order valence-corrected chi connectivity index (χ0v) is 12.0. The minimum Gasteiger partial charge on any atom is -0.494 e. The Morgan fingerprint density at radius 3 is 2.80 bits per heavy atom. The number of carbonyl (C=O) groups is 1. The maximum atomic E-state index is 10.9. The van der Waals surface area contributed by atoms with Crippen LogP contribution < -0.4 is 10.1 Å². The van der Waals surface area contributed by atoms with Gasteiger partial charge in [0.2, 0.25) is 5.91 Å². The van der Waals surface area contributed by atoms with E-state index in [1.165, 1.54) is 26.3 Å². The van der Waals surface area contributed by atoms with Gasteiger partial charge in [-0.1, -0.05) is 0 Å². The van der Waals surface area contributed by atoms with Crippen LogP contribution in [-0.2, 0) is 4.79 Å². The average molecular weight is 274 g/mol. The second-order valence-electron chi connectivity index (χ2n) is 5.80. The molecule has 108 valence electrons. The Hall–Kier alpha value is -1.55. The molecule has 2 aliphatic rings. The van der Waals surface area contributed by atoms with Crippen LogP contribution in [0, 0.1) is 5.92 Å². The highest BCUT2D eigenvalue weighted by Crippen LogP contribution is 2.44. The molecule has 0 aromatic heterocycles. The Morgan fingerprint density at radius 1 is 1.40 bits per heavy atom. The van der Waals surface area contributed by atoms with Gasteiger partial charge in [-0.15, -0.1) is 0 Å². The number of nitrogens with one attached hydrogen (secondary N) is 1. The first kappa shape index (κ1) is 13.4. The smallest absolute Gasteiger partial charge is 0.221 e. The van der Waals surface area contributed by atoms with Crippen molar-refractivity contribution in [1.29, 1.82) is 0 Å². The molecule has 1 heterocycles. The number of piperidine rings is 1. The van der Waals surface area contributed by atoms with E-state index in [4.69, 9.17) is 4.74 Å². The number of hydrogen-bond acceptors (Lipinski definition) is 3. The highest BCUT2D eigenvalue weighted by molar-refractivity contribution is 5.88. The third-order valence-electron chi connectivity index (χ3n) is 4.17. The number of fused-ring (bicyclic) bond motifs is 1. The summed E-state index contributed by atoms with van der Waals surface area (Å²) in [5.41, 5.74) is 0.807. The summed E-state index contributed by atoms with van der Waals surface area (Å²) < 4.78 is 5.74. The fourth-order valence-corrected chi connectivity index (χ4v) is 3.06. The summed E-state index contributed by atoms with van der Waals surface area (Å²) in [6.45, 7) is 4.70. The van der Waals surface area contributed by atoms with Crippen molar-refractivity contribution in [3.8, 4) is 5.75 Å². The Morgan fingerprint density at radius 2 is 2.20 bits per heavy atom. The van der Waals surface area contributed by atoms with Crippen LogP contribution in [-0.4, -0.2) is 36.5 Å². The van der Waals surface area contributed by atoms with E-state index in [1.54, 1.807) is 0 Å². The molecule has 0 radical (unpaired) electrons. The summed E-state index contributed by atoms with van der Waals surface area (Å²) in [5, 5.41) is 2.74. The highest BCUT2D eigenvalue weighted by Gasteiger charge is 2.46. The van der Waals surface area contributed by atoms with Gasteiger partial charge in [0, 0.05) is 25.2 Å². The van der Waals surface area contributed by atoms with Gasteiger partial charge >= 0.3 is 0 Å². The van der Waals surface area contributed by atoms with E-state index in [-0.39, 0.29) is 5.91 Å². The van der Waals surface area contributed by atoms with Crippen LogP contribution in [0.2, 0.25) is 0 Å². The molecule has 2 atom stereocenters. The van der Waals surface area contributed by atoms with Crippen molar-refractivity contribution in [2.24, 2.45) is 5.92 Å². The first-order valence-electron chi connectivity index (χ1n) is 7.47. The van der Waals surface area contributed by atoms with Crippen LogP contribution in [0.25, 0.3) is 0 Å². The van der Waals surface area contributed by atoms with Crippen molar-refractivity contribution >= 4 is 11.6 Å². The van der Waals surface area contributed by atoms with Gasteiger partial charge in [-0.05, 0) is 56.0 Å². The number of ether oxygens (including phenoxy) is 1. The zero-order valence-electron chi connectivity index (χ0n) is 12.0. The SMILES string of the molecule is CC(=O)Nc1ccc(OCCCN2CC[C@@H]3C[C@@H]32)cc1. The van der Waals surface area contributed by atoms with Gasteiger partial charge in [0.1, 0.15) is 5.75 Å². The molecule has 3 rings (SSSR count). The predicted octanol–water partition coefficient (Wildman–Crippen LogP) is 2.51. The van der Waals surface area contributed by atoms with Crippen LogP contribution in [0.4, 0.5) is 5.69 Å². The lowest BCUT2D eigenvalue weighted by Gasteiger charge is -2.17. The second-order valence-corrected chi connectivity index (χ2v) is 5.80. The van der Waals surface area contributed by atoms with Crippen LogP contribution in [0.15, 0.2) is 24.3 Å². The molecule has 1 amide bonds. The van der Waals surface area contributed by atoms with Crippen LogP contribution >= 0.6 is 0 Å². The minimum atomic E-state index is -0.0531. The number of nitrogens with zero attached hydrogens (tertiary/aromatic N) is 1. The second kappa shape index (κ2) is 5.83. The summed E-state index contributed by atoms with van der Waals surface area (Å²) >= 11 is 0. The number of hydrogen-bond donors (Lipinski definition) is 1. The summed E-state index contributed by atoms with van der Waals surface area (Å²) in [6, 6.07) is 8.43. The lowest BCUT2D eigenvalue weighted by Crippen LogP contribution is -2.25. The highest BCUT2D eigenvalue weighted by atomic mass is 16.5. The van der Waals surface area contributed by atoms with E-state index >= 15 is 0 Å². The molecular weight excluding hydrogens is 252 g/mol. The Kier molecular flexibility index (Phi) is 3.92. The molecular formula is C16H22N2O2. The van der Waals surface area contributed by atoms with Crippen molar-refractivity contribution in [3.63, 3.8) is 0 Å². The monoisotopic (exact) mass is 274 g/mol. The standard InChI is InChI=1S/C16H22N2O2/c1-12(19)17-14-3-5-15(6-4-14)20-10-2-8-18-9-7-13-11-16(13)18/h3-6,13,16H,2,7-11H2,1H3,(H,17,19)/t13-,16+/m1/s1. The Balaban J connectivity index is 1.36. The van der Waals surface area contributed by atoms with Gasteiger partial charge in [-0.2, -0.15) is 0 Å². The molecule has 1 aliphatic heterocycles. The van der Waals surface area contributed by atoms with Crippen molar-refractivity contribution in [2.75, 3.05) is 25.0 Å². The molecule has 2 fully saturated rings. The molecule has 1 aliphatic carbocycles. The van der Waals surface area contributed by atoms with E-state index in [2.05, 4.69) is 10.2 Å². The van der Waals surface area contributed by atoms with Gasteiger partial charge in [0.15, 0.2) is 0 Å². The Labute approximate surface area is 120 Å². The number of amides is 1. The molecule has 4 nitrogen and oxygen atoms in total. The maximum absolute atomic E-state index is 10.9. The van der Waals surface area contributed by atoms with Gasteiger partial charge in [-0.25, -0.2) is 0 Å². The van der Waals surface area contributed by atoms with Crippen LogP contribution in [0.1, 0.15) is 26.2 Å². The van der Waals surface area contributed by atoms with E-state index in [0.29, 0.717) is 0 Å². The third kappa shape index (κ3) is 3.31. The van der Waals surface area contributed by atoms with Crippen molar-refractivity contribution in [2.45, 2.75) is 32.2 Å². The molecule has 20 heavy (non-hydrogen) atoms. The molecule has 4 heteroatoms. The van der Waals surface area contributed by atoms with Gasteiger partial charge in [-0.3, -0.25) is 9.69 Å². The fourth-order valence-electron chi connectivity index (χ4n) is 3.06. The molecule has 1 aromatic rings. The maximum Gasteiger partial charge on any atom is 0.221 e. The molecule has 0 spiro atoms. The Bertz CT molecular complexity index is 472. The predicted molar refractivity (Wildman–Crippen MR) is 78.9 cm³/mol. The minimum absolute atomic E-state index is 0.0531. The van der Waals surface area contributed by atoms with E-state index in [1.807, 2.05) is 24.3 Å². The van der Waals surface area contributed by atoms with Crippen molar-refractivity contribution in [3.05, 3.63) is 24.3 Å². The van der Waals surface area contributed by atoms with E-state index in [0.717, 1.165) is 43.0 Å². The average Bonchev–Trinajstić information content (AvgIpc) is 3.10. The quantitative estimate of drug-likeness (QED) is 0.810. The molecule has 1 saturated heterocycles. The van der Waals surface area contributed by atoms with Gasteiger partial charge in [0.05, 0.1) is 6.61 Å². The first-order valence-corrected chi connectivity index (χ1v) is 7.47. The van der Waals surface area contributed by atoms with Crippen LogP contribution in [0.5, 0.6) is 5.75 Å². The summed E-state index contributed by atoms with van der Waals surface area (Å²) in [4.78, 5) is 13.5. The number of benzene rings is 1. The van der Waals surface area contributed by atoms with E-state index in [9.17, 15) is 4.79 Å². The van der Waals surface area contributed by atoms with Crippen molar-refractivity contribution < 1.29 is 9.53 Å². The summed E-state index contributed by atoms with van der Waals surface area (Å²) in [5.74, 6) is 1.82. The lowest BCUT2D eigenvalue weighted by molar-refractivity contribution is -0.114. The van der Waals surface area contributed by atoms with Gasteiger partial charge in [0.25, 0.3) is 0 Å². The van der Waals surface area contributed by atoms with Gasteiger partial charge < -0.3 is 10.1 Å². The summed E-state index contributed by atoms with van der Waals surface area (Å²) in [7, 11) is 0. The molecule has 0 unspecified atom stereocenters. The molecule has 1 aromatic carbocycles. The molecule has 1 N–H and O–H groups in total. The lowest BCUT2D eigenvalue weighted by atomic mass is 10.3. The van der Waals surface area contributed by atoms with Crippen molar-refractivity contribution in [1.82, 2.24) is 4.90 Å². The molecule has 1 saturated carbocycles. The number of likely N-dealkylation sites (tertiary alicyclic amines) is 1. The third-order valence-corrected chi connectivity index (χ3v) is 4.17. The largest absolute Gasteiger partial charge is 0.494 e. The normalized spacial score (nSPS) is 24.2. The number of rotatable bonds is 6. The number of carbonyl (C=O) groups excluding carboxylic acids is 1. The first-order chi connectivity index (χ1) is 9.72.